The van der Waals surface area contributed by atoms with Crippen molar-refractivity contribution in [1.29, 1.82) is 0 Å². The first kappa shape index (κ1) is 25.1. The summed E-state index contributed by atoms with van der Waals surface area (Å²) in [5.41, 5.74) is -3.75. The van der Waals surface area contributed by atoms with Crippen LogP contribution in [0.15, 0.2) is 0 Å². The Labute approximate surface area is 179 Å². The number of hydrogen-bond acceptors (Lipinski definition) is 12. The Morgan fingerprint density at radius 2 is 1.68 bits per heavy atom. The summed E-state index contributed by atoms with van der Waals surface area (Å²) in [6, 6.07) is 0. The minimum atomic E-state index is -1.86. The molecule has 0 saturated carbocycles. The van der Waals surface area contributed by atoms with Gasteiger partial charge in [0.15, 0.2) is 12.6 Å². The minimum Gasteiger partial charge on any atom is -0.393 e. The Hall–Kier alpha value is -0.480. The summed E-state index contributed by atoms with van der Waals surface area (Å²) in [7, 11) is 0. The SMILES string of the molecule is C[C@H]1O[C@@]1(CCO[C@@H]1O[C@H](CO[C@@H]2OC[C@](O)(CO)[C@H]2O)[C@@H](O)[C@H](O)[C@H]1O)C(C)(C)O. The molecule has 0 radical (unpaired) electrons. The van der Waals surface area contributed by atoms with Gasteiger partial charge in [-0.25, -0.2) is 0 Å². The zero-order valence-corrected chi connectivity index (χ0v) is 17.8. The number of aliphatic hydroxyl groups excluding tert-OH is 5. The number of aliphatic hydroxyl groups is 7. The highest BCUT2D eigenvalue weighted by Crippen LogP contribution is 2.48. The average molecular weight is 454 g/mol. The van der Waals surface area contributed by atoms with E-state index in [4.69, 9.17) is 28.8 Å². The highest BCUT2D eigenvalue weighted by molar-refractivity contribution is 5.10. The van der Waals surface area contributed by atoms with Crippen molar-refractivity contribution in [3.8, 4) is 0 Å². The van der Waals surface area contributed by atoms with Gasteiger partial charge in [0.25, 0.3) is 0 Å². The van der Waals surface area contributed by atoms with Gasteiger partial charge in [0.05, 0.1) is 38.1 Å². The Bertz CT molecular complexity index is 613. The Kier molecular flexibility index (Phi) is 7.34. The summed E-state index contributed by atoms with van der Waals surface area (Å²) in [6.45, 7) is 3.70. The first-order valence-electron chi connectivity index (χ1n) is 10.3. The van der Waals surface area contributed by atoms with Gasteiger partial charge in [0, 0.05) is 6.42 Å². The minimum absolute atomic E-state index is 0.0421. The predicted molar refractivity (Wildman–Crippen MR) is 101 cm³/mol. The van der Waals surface area contributed by atoms with Crippen LogP contribution in [0.25, 0.3) is 0 Å². The molecule has 12 heteroatoms. The molecule has 0 aliphatic carbocycles. The van der Waals surface area contributed by atoms with Crippen molar-refractivity contribution >= 4 is 0 Å². The Morgan fingerprint density at radius 3 is 2.19 bits per heavy atom. The number of ether oxygens (including phenoxy) is 5. The molecule has 3 saturated heterocycles. The van der Waals surface area contributed by atoms with Crippen LogP contribution in [0.5, 0.6) is 0 Å². The van der Waals surface area contributed by atoms with Crippen molar-refractivity contribution in [3.63, 3.8) is 0 Å². The summed E-state index contributed by atoms with van der Waals surface area (Å²) in [5.74, 6) is 0. The van der Waals surface area contributed by atoms with E-state index < -0.39 is 66.5 Å². The molecule has 3 aliphatic heterocycles. The molecule has 0 aromatic carbocycles. The highest BCUT2D eigenvalue weighted by atomic mass is 16.7. The van der Waals surface area contributed by atoms with Crippen molar-refractivity contribution in [2.24, 2.45) is 0 Å². The molecule has 3 aliphatic rings. The largest absolute Gasteiger partial charge is 0.393 e. The van der Waals surface area contributed by atoms with Gasteiger partial charge >= 0.3 is 0 Å². The molecule has 0 aromatic heterocycles. The van der Waals surface area contributed by atoms with Gasteiger partial charge in [-0.15, -0.1) is 0 Å². The van der Waals surface area contributed by atoms with Gasteiger partial charge < -0.3 is 59.4 Å². The van der Waals surface area contributed by atoms with Crippen molar-refractivity contribution in [2.45, 2.75) is 93.2 Å². The number of rotatable bonds is 9. The monoisotopic (exact) mass is 454 g/mol. The lowest BCUT2D eigenvalue weighted by Gasteiger charge is -2.40. The normalized spacial score (nSPS) is 48.2. The lowest BCUT2D eigenvalue weighted by atomic mass is 9.85. The van der Waals surface area contributed by atoms with E-state index in [1.54, 1.807) is 13.8 Å². The van der Waals surface area contributed by atoms with Gasteiger partial charge in [-0.05, 0) is 20.8 Å². The van der Waals surface area contributed by atoms with E-state index >= 15 is 0 Å². The molecule has 10 atom stereocenters. The first-order chi connectivity index (χ1) is 14.4. The van der Waals surface area contributed by atoms with Crippen molar-refractivity contribution in [3.05, 3.63) is 0 Å². The van der Waals surface area contributed by atoms with Crippen LogP contribution < -0.4 is 0 Å². The molecule has 0 bridgehead atoms. The molecule has 31 heavy (non-hydrogen) atoms. The quantitative estimate of drug-likeness (QED) is 0.171. The summed E-state index contributed by atoms with van der Waals surface area (Å²) in [4.78, 5) is 0. The Morgan fingerprint density at radius 1 is 1.03 bits per heavy atom. The van der Waals surface area contributed by atoms with Crippen molar-refractivity contribution in [2.75, 3.05) is 26.4 Å². The first-order valence-corrected chi connectivity index (χ1v) is 10.3. The zero-order chi connectivity index (χ0) is 23.2. The molecular weight excluding hydrogens is 420 g/mol. The second kappa shape index (κ2) is 9.05. The fraction of sp³-hybridized carbons (Fsp3) is 1.00. The lowest BCUT2D eigenvalue weighted by molar-refractivity contribution is -0.310. The fourth-order valence-electron chi connectivity index (χ4n) is 4.13. The topological polar surface area (TPSA) is 191 Å². The fourth-order valence-corrected chi connectivity index (χ4v) is 4.13. The maximum absolute atomic E-state index is 10.3. The third-order valence-corrected chi connectivity index (χ3v) is 6.45. The van der Waals surface area contributed by atoms with Crippen LogP contribution in [0, 0.1) is 0 Å². The van der Waals surface area contributed by atoms with E-state index in [-0.39, 0.29) is 25.9 Å². The molecular formula is C19H34O12. The molecule has 7 N–H and O–H groups in total. The molecule has 0 unspecified atom stereocenters. The van der Waals surface area contributed by atoms with Crippen LogP contribution in [0.2, 0.25) is 0 Å². The van der Waals surface area contributed by atoms with Crippen LogP contribution in [-0.4, -0.2) is 128 Å². The molecule has 3 heterocycles. The summed E-state index contributed by atoms with van der Waals surface area (Å²) in [6.07, 6.45) is -9.73. The number of epoxide rings is 1. The van der Waals surface area contributed by atoms with Gasteiger partial charge in [0.1, 0.15) is 41.7 Å². The second-order valence-corrected chi connectivity index (χ2v) is 9.06. The average Bonchev–Trinajstić information content (AvgIpc) is 3.30. The summed E-state index contributed by atoms with van der Waals surface area (Å²) in [5, 5.41) is 70.1. The summed E-state index contributed by atoms with van der Waals surface area (Å²) >= 11 is 0. The Balaban J connectivity index is 1.53. The van der Waals surface area contributed by atoms with E-state index in [1.807, 2.05) is 6.92 Å². The van der Waals surface area contributed by atoms with Crippen LogP contribution >= 0.6 is 0 Å². The van der Waals surface area contributed by atoms with E-state index in [0.717, 1.165) is 0 Å². The third kappa shape index (κ3) is 4.76. The van der Waals surface area contributed by atoms with Crippen LogP contribution in [0.1, 0.15) is 27.2 Å². The van der Waals surface area contributed by atoms with Crippen molar-refractivity contribution in [1.82, 2.24) is 0 Å². The van der Waals surface area contributed by atoms with Gasteiger partial charge in [-0.2, -0.15) is 0 Å². The molecule has 3 fully saturated rings. The molecule has 0 aromatic rings. The molecule has 0 spiro atoms. The molecule has 12 nitrogen and oxygen atoms in total. The van der Waals surface area contributed by atoms with Crippen LogP contribution in [-0.2, 0) is 23.7 Å². The second-order valence-electron chi connectivity index (χ2n) is 9.06. The van der Waals surface area contributed by atoms with Crippen molar-refractivity contribution < 1.29 is 59.4 Å². The van der Waals surface area contributed by atoms with Crippen LogP contribution in [0.4, 0.5) is 0 Å². The van der Waals surface area contributed by atoms with E-state index in [0.29, 0.717) is 6.42 Å². The third-order valence-electron chi connectivity index (χ3n) is 6.45. The van der Waals surface area contributed by atoms with Gasteiger partial charge in [0.2, 0.25) is 0 Å². The van der Waals surface area contributed by atoms with E-state index in [9.17, 15) is 30.6 Å². The maximum Gasteiger partial charge on any atom is 0.186 e. The standard InChI is InChI=1S/C19H34O12/c1-9-19(31-9,17(2,3)25)4-5-27-15-13(23)12(22)11(21)10(30-15)6-28-16-14(24)18(26,7-20)8-29-16/h9-16,20-26H,4-8H2,1-3H3/t9-,10-,11-,12+,13-,14+,15-,16-,18-,19-/m1/s1. The molecule has 182 valence electrons. The predicted octanol–water partition coefficient (Wildman–Crippen LogP) is -3.41. The maximum atomic E-state index is 10.3. The van der Waals surface area contributed by atoms with Crippen LogP contribution in [0.3, 0.4) is 0 Å². The zero-order valence-electron chi connectivity index (χ0n) is 17.8. The highest BCUT2D eigenvalue weighted by Gasteiger charge is 2.62. The van der Waals surface area contributed by atoms with Gasteiger partial charge in [-0.3, -0.25) is 0 Å². The van der Waals surface area contributed by atoms with Gasteiger partial charge in [-0.1, -0.05) is 0 Å². The van der Waals surface area contributed by atoms with E-state index in [2.05, 4.69) is 0 Å². The lowest BCUT2D eigenvalue weighted by Crippen LogP contribution is -2.59. The van der Waals surface area contributed by atoms with E-state index in [1.165, 1.54) is 0 Å². The summed E-state index contributed by atoms with van der Waals surface area (Å²) < 4.78 is 27.1. The molecule has 3 rings (SSSR count). The number of hydrogen-bond donors (Lipinski definition) is 7. The smallest absolute Gasteiger partial charge is 0.186 e. The molecule has 0 amide bonds.